The van der Waals surface area contributed by atoms with E-state index in [4.69, 9.17) is 36.7 Å². The summed E-state index contributed by atoms with van der Waals surface area (Å²) in [4.78, 5) is 50.6. The number of carbonyl (C=O) groups excluding carboxylic acids is 4. The fraction of sp³-hybridized carbons (Fsp3) is 0.474. The Morgan fingerprint density at radius 1 is 1.00 bits per heavy atom. The summed E-state index contributed by atoms with van der Waals surface area (Å²) in [6.45, 7) is 3.04. The molecule has 1 aromatic rings. The van der Waals surface area contributed by atoms with Crippen LogP contribution in [0.15, 0.2) is 30.3 Å². The Morgan fingerprint density at radius 3 is 2.09 bits per heavy atom. The van der Waals surface area contributed by atoms with Gasteiger partial charge >= 0.3 is 191 Å². The van der Waals surface area contributed by atoms with Crippen LogP contribution in [0.25, 0.3) is 0 Å². The molecule has 0 aliphatic rings. The first-order valence-electron chi connectivity index (χ1n) is 11.1. The second kappa shape index (κ2) is 15.2. The van der Waals surface area contributed by atoms with Crippen LogP contribution < -0.4 is 21.7 Å². The average Bonchev–Trinajstić information content (AvgIpc) is 2.82. The minimum absolute atomic E-state index is 0.0323. The van der Waals surface area contributed by atoms with Gasteiger partial charge in [0.1, 0.15) is 0 Å². The van der Waals surface area contributed by atoms with Crippen LogP contribution in [-0.2, 0) is 25.6 Å². The van der Waals surface area contributed by atoms with Crippen molar-refractivity contribution < 1.29 is 19.2 Å². The Bertz CT molecular complexity index is 1000. The maximum atomic E-state index is 13.1. The molecule has 0 fully saturated rings. The van der Waals surface area contributed by atoms with Crippen LogP contribution in [0, 0.1) is 5.92 Å². The van der Waals surface area contributed by atoms with E-state index in [1.807, 2.05) is 44.2 Å². The molecule has 174 valence electrons. The van der Waals surface area contributed by atoms with E-state index in [0.717, 1.165) is 17.7 Å². The topological polar surface area (TPSA) is 130 Å². The van der Waals surface area contributed by atoms with Crippen LogP contribution in [0.4, 0.5) is 0 Å². The molecule has 1 rings (SSSR count). The molecular formula is C19H27B7N4O4S. The van der Waals surface area contributed by atoms with Crippen LogP contribution in [0.2, 0.25) is 0 Å². The van der Waals surface area contributed by atoms with Crippen molar-refractivity contribution in [3.05, 3.63) is 35.9 Å². The van der Waals surface area contributed by atoms with Crippen molar-refractivity contribution in [2.24, 2.45) is 11.7 Å². The van der Waals surface area contributed by atoms with Crippen molar-refractivity contribution in [3.8, 4) is 0 Å². The zero-order chi connectivity index (χ0) is 26.6. The van der Waals surface area contributed by atoms with Crippen molar-refractivity contribution in [1.29, 1.82) is 0 Å². The van der Waals surface area contributed by atoms with Crippen LogP contribution in [0.5, 0.6) is 0 Å². The van der Waals surface area contributed by atoms with Crippen molar-refractivity contribution >= 4 is 80.4 Å². The monoisotopic (exact) mass is 484 g/mol. The molecule has 0 heterocycles. The van der Waals surface area contributed by atoms with Gasteiger partial charge in [0.2, 0.25) is 0 Å². The Labute approximate surface area is 214 Å². The van der Waals surface area contributed by atoms with Gasteiger partial charge in [-0.2, -0.15) is 0 Å². The van der Waals surface area contributed by atoms with Gasteiger partial charge in [-0.15, -0.1) is 0 Å². The van der Waals surface area contributed by atoms with Gasteiger partial charge in [-0.05, 0) is 0 Å². The first kappa shape index (κ1) is 31.1. The molecule has 1 aromatic carbocycles. The first-order valence-corrected chi connectivity index (χ1v) is 12.9. The molecule has 0 saturated heterocycles. The second-order valence-electron chi connectivity index (χ2n) is 8.29. The molecule has 0 bridgehead atoms. The van der Waals surface area contributed by atoms with Gasteiger partial charge in [0.25, 0.3) is 0 Å². The van der Waals surface area contributed by atoms with E-state index in [9.17, 15) is 19.2 Å². The Morgan fingerprint density at radius 2 is 1.60 bits per heavy atom. The summed E-state index contributed by atoms with van der Waals surface area (Å²) in [5.41, 5.74) is 6.21. The molecule has 0 spiro atoms. The second-order valence-corrected chi connectivity index (χ2v) is 11.4. The zero-order valence-electron chi connectivity index (χ0n) is 20.1. The van der Waals surface area contributed by atoms with Gasteiger partial charge in [-0.1, -0.05) is 18.2 Å². The van der Waals surface area contributed by atoms with Crippen molar-refractivity contribution in [2.45, 2.75) is 38.8 Å². The SMILES string of the molecule is [B]B=S(=B[B])(B([B])[B])C(=O)CNC(=O)C(CC(C)C)NC(=O)C(Cc1ccccc1)NC(=O)CN. The Hall–Kier alpha value is -1.94. The molecule has 0 saturated carbocycles. The number of hydrogen-bond acceptors (Lipinski definition) is 5. The summed E-state index contributed by atoms with van der Waals surface area (Å²) < 4.78 is 0. The fourth-order valence-corrected chi connectivity index (χ4v) is 4.61. The molecule has 0 aliphatic carbocycles. The van der Waals surface area contributed by atoms with Crippen molar-refractivity contribution in [3.63, 3.8) is 0 Å². The third-order valence-corrected chi connectivity index (χ3v) is 7.90. The quantitative estimate of drug-likeness (QED) is 0.242. The van der Waals surface area contributed by atoms with E-state index in [0.29, 0.717) is 0 Å². The van der Waals surface area contributed by atoms with E-state index in [1.54, 1.807) is 0 Å². The molecule has 16 heteroatoms. The predicted molar refractivity (Wildman–Crippen MR) is 148 cm³/mol. The Balaban J connectivity index is 3.03. The van der Waals surface area contributed by atoms with Crippen LogP contribution >= 0.6 is 8.73 Å². The molecule has 0 aliphatic heterocycles. The van der Waals surface area contributed by atoms with Gasteiger partial charge in [-0.3, -0.25) is 0 Å². The molecule has 2 unspecified atom stereocenters. The summed E-state index contributed by atoms with van der Waals surface area (Å²) in [5, 5.41) is 7.25. The van der Waals surface area contributed by atoms with Gasteiger partial charge in [-0.25, -0.2) is 0 Å². The number of nitrogens with two attached hydrogens (primary N) is 1. The number of benzene rings is 1. The molecule has 2 atom stereocenters. The van der Waals surface area contributed by atoms with Crippen LogP contribution in [-0.4, -0.2) is 96.8 Å². The molecule has 5 N–H and O–H groups in total. The summed E-state index contributed by atoms with van der Waals surface area (Å²) in [7, 11) is 19.9. The minimum Gasteiger partial charge on any atom is -0.322 e. The van der Waals surface area contributed by atoms with Gasteiger partial charge in [0, 0.05) is 0 Å². The van der Waals surface area contributed by atoms with Gasteiger partial charge in [0.15, 0.2) is 0 Å². The molecule has 3 amide bonds. The van der Waals surface area contributed by atoms with E-state index >= 15 is 0 Å². The summed E-state index contributed by atoms with van der Waals surface area (Å²) in [6, 6.07) is 9.30. The van der Waals surface area contributed by atoms with Crippen LogP contribution in [0.1, 0.15) is 25.8 Å². The normalized spacial score (nSPS) is 12.5. The zero-order valence-corrected chi connectivity index (χ0v) is 20.9. The average molecular weight is 483 g/mol. The Kier molecular flexibility index (Phi) is 13.5. The third-order valence-electron chi connectivity index (χ3n) is 5.16. The molecule has 0 aromatic heterocycles. The van der Waals surface area contributed by atoms with Gasteiger partial charge in [0.05, 0.1) is 0 Å². The van der Waals surface area contributed by atoms with E-state index in [-0.39, 0.29) is 25.3 Å². The first-order chi connectivity index (χ1) is 16.5. The third kappa shape index (κ3) is 9.56. The van der Waals surface area contributed by atoms with Crippen molar-refractivity contribution in [1.82, 2.24) is 16.0 Å². The molecule has 35 heavy (non-hydrogen) atoms. The fourth-order valence-electron chi connectivity index (χ4n) is 3.23. The number of hydrogen-bond donors (Lipinski definition) is 4. The maximum absolute atomic E-state index is 13.1. The standard InChI is InChI=1S/C19H27B7N4O4S/c1-12(2)8-14(18(33)28-11-17(32)35(24-20,25-21)26(22)23)30-19(34)15(29-16(31)10-27)9-13-6-4-3-5-7-13/h3-7,12,14-15H,8-11,27H2,1-2H3,(H,28,33)(H,29,31)(H,30,34). The summed E-state index contributed by atoms with van der Waals surface area (Å²) in [6.07, 6.45) is 0.487. The predicted octanol–water partition coefficient (Wildman–Crippen LogP) is -2.62. The number of amides is 3. The summed E-state index contributed by atoms with van der Waals surface area (Å²) >= 11 is 0. The number of carbonyl (C=O) groups is 4. The number of nitrogens with one attached hydrogen (secondary N) is 3. The van der Waals surface area contributed by atoms with E-state index in [2.05, 4.69) is 16.0 Å². The molecule has 8 radical (unpaired) electrons. The van der Waals surface area contributed by atoms with E-state index < -0.39 is 56.0 Å². The minimum atomic E-state index is -2.64. The number of rotatable bonds is 12. The summed E-state index contributed by atoms with van der Waals surface area (Å²) in [5.74, 6) is -2.75. The van der Waals surface area contributed by atoms with Crippen LogP contribution in [0.3, 0.4) is 0 Å². The van der Waals surface area contributed by atoms with Crippen molar-refractivity contribution in [2.75, 3.05) is 13.1 Å². The smallest absolute Gasteiger partial charge is 0.322 e. The van der Waals surface area contributed by atoms with Gasteiger partial charge < -0.3 is 5.73 Å². The molecule has 8 nitrogen and oxygen atoms in total. The molecular weight excluding hydrogens is 456 g/mol. The van der Waals surface area contributed by atoms with E-state index in [1.165, 1.54) is 0 Å².